The molecule has 0 amide bonds. The van der Waals surface area contributed by atoms with E-state index >= 15 is 0 Å². The Labute approximate surface area is 202 Å². The largest absolute Gasteiger partial charge is 0.516 e. The van der Waals surface area contributed by atoms with Crippen molar-refractivity contribution in [2.45, 2.75) is 46.6 Å². The molecule has 0 aliphatic rings. The molecular weight excluding hydrogens is 456 g/mol. The lowest BCUT2D eigenvalue weighted by atomic mass is 10.1. The Hall–Kier alpha value is -3.95. The number of aromatic nitrogens is 2. The molecule has 3 rings (SSSR count). The van der Waals surface area contributed by atoms with E-state index in [1.54, 1.807) is 45.9 Å². The molecule has 35 heavy (non-hydrogen) atoms. The molecule has 0 bridgehead atoms. The molecule has 0 aliphatic heterocycles. The highest BCUT2D eigenvalue weighted by Crippen LogP contribution is 2.34. The van der Waals surface area contributed by atoms with Crippen molar-refractivity contribution in [3.63, 3.8) is 0 Å². The number of para-hydroxylation sites is 1. The second-order valence-electron chi connectivity index (χ2n) is 8.76. The zero-order valence-electron chi connectivity index (χ0n) is 20.3. The number of hydrogen-bond acceptors (Lipinski definition) is 10. The number of hydrogen-bond donors (Lipinski definition) is 0. The van der Waals surface area contributed by atoms with Crippen LogP contribution in [0, 0.1) is 5.92 Å². The minimum atomic E-state index is -1.03. The monoisotopic (exact) mass is 484 g/mol. The van der Waals surface area contributed by atoms with Gasteiger partial charge in [-0.2, -0.15) is 0 Å². The SMILES string of the molecule is CCC(C)C(=O)OCCOC(=O)c1noc(OC(=O)OC(C)(C)C)c1-c1ccc2ccccc2n1. The van der Waals surface area contributed by atoms with Crippen LogP contribution in [0.15, 0.2) is 40.9 Å². The van der Waals surface area contributed by atoms with E-state index in [0.717, 1.165) is 5.39 Å². The van der Waals surface area contributed by atoms with Gasteiger partial charge in [-0.25, -0.2) is 14.6 Å². The molecule has 0 aliphatic carbocycles. The maximum absolute atomic E-state index is 12.8. The van der Waals surface area contributed by atoms with Crippen molar-refractivity contribution < 1.29 is 37.9 Å². The van der Waals surface area contributed by atoms with Crippen LogP contribution in [0.2, 0.25) is 0 Å². The highest BCUT2D eigenvalue weighted by Gasteiger charge is 2.30. The Kier molecular flexibility index (Phi) is 8.06. The topological polar surface area (TPSA) is 127 Å². The fourth-order valence-electron chi connectivity index (χ4n) is 2.92. The lowest BCUT2D eigenvalue weighted by Crippen LogP contribution is -2.26. The summed E-state index contributed by atoms with van der Waals surface area (Å²) in [5, 5.41) is 4.62. The van der Waals surface area contributed by atoms with E-state index in [9.17, 15) is 14.4 Å². The average molecular weight is 485 g/mol. The number of pyridine rings is 1. The first-order valence-electron chi connectivity index (χ1n) is 11.2. The van der Waals surface area contributed by atoms with Gasteiger partial charge in [0.25, 0.3) is 0 Å². The van der Waals surface area contributed by atoms with Gasteiger partial charge in [-0.3, -0.25) is 4.79 Å². The third kappa shape index (κ3) is 6.78. The van der Waals surface area contributed by atoms with Crippen LogP contribution in [0.25, 0.3) is 22.2 Å². The van der Waals surface area contributed by atoms with E-state index in [4.69, 9.17) is 23.5 Å². The maximum atomic E-state index is 12.8. The lowest BCUT2D eigenvalue weighted by Gasteiger charge is -2.18. The molecule has 10 heteroatoms. The number of fused-ring (bicyclic) bond motifs is 1. The predicted octanol–water partition coefficient (Wildman–Crippen LogP) is 4.95. The summed E-state index contributed by atoms with van der Waals surface area (Å²) in [5.74, 6) is -1.85. The molecule has 2 heterocycles. The van der Waals surface area contributed by atoms with E-state index in [0.29, 0.717) is 11.9 Å². The number of rotatable bonds is 8. The van der Waals surface area contributed by atoms with Crippen molar-refractivity contribution in [1.82, 2.24) is 10.1 Å². The Bertz CT molecular complexity index is 1210. The molecule has 2 aromatic heterocycles. The molecule has 10 nitrogen and oxygen atoms in total. The lowest BCUT2D eigenvalue weighted by molar-refractivity contribution is -0.149. The molecule has 0 fully saturated rings. The Morgan fingerprint density at radius 2 is 1.74 bits per heavy atom. The van der Waals surface area contributed by atoms with Gasteiger partial charge in [0.15, 0.2) is 0 Å². The predicted molar refractivity (Wildman–Crippen MR) is 125 cm³/mol. The fourth-order valence-corrected chi connectivity index (χ4v) is 2.92. The van der Waals surface area contributed by atoms with Crippen LogP contribution in [-0.4, -0.2) is 47.0 Å². The van der Waals surface area contributed by atoms with Gasteiger partial charge in [0.1, 0.15) is 24.4 Å². The van der Waals surface area contributed by atoms with Crippen molar-refractivity contribution in [2.24, 2.45) is 5.92 Å². The molecule has 186 valence electrons. The molecule has 0 saturated carbocycles. The zero-order valence-corrected chi connectivity index (χ0v) is 20.3. The van der Waals surface area contributed by atoms with Gasteiger partial charge in [-0.15, -0.1) is 0 Å². The van der Waals surface area contributed by atoms with Crippen LogP contribution in [0.5, 0.6) is 5.95 Å². The smallest absolute Gasteiger partial charge is 0.462 e. The summed E-state index contributed by atoms with van der Waals surface area (Å²) in [6.45, 7) is 8.35. The average Bonchev–Trinajstić information content (AvgIpc) is 3.22. The maximum Gasteiger partial charge on any atom is 0.516 e. The Morgan fingerprint density at radius 3 is 2.46 bits per heavy atom. The summed E-state index contributed by atoms with van der Waals surface area (Å²) in [5.41, 5.74) is -0.111. The number of carbonyl (C=O) groups is 3. The molecule has 3 aromatic rings. The first kappa shape index (κ1) is 25.7. The minimum absolute atomic E-state index is 0.0308. The summed E-state index contributed by atoms with van der Waals surface area (Å²) in [7, 11) is 0. The second-order valence-corrected chi connectivity index (χ2v) is 8.76. The van der Waals surface area contributed by atoms with E-state index < -0.39 is 17.7 Å². The van der Waals surface area contributed by atoms with Crippen LogP contribution >= 0.6 is 0 Å². The van der Waals surface area contributed by atoms with Crippen molar-refractivity contribution >= 4 is 29.0 Å². The standard InChI is InChI=1S/C25H28N2O8/c1-6-15(2)21(28)31-13-14-32-22(29)20-19(18-12-11-16-9-7-8-10-17(16)26-18)23(35-27-20)33-24(30)34-25(3,4)5/h7-12,15H,6,13-14H2,1-5H3. The zero-order chi connectivity index (χ0) is 25.6. The third-order valence-electron chi connectivity index (χ3n) is 4.85. The van der Waals surface area contributed by atoms with Gasteiger partial charge >= 0.3 is 24.0 Å². The van der Waals surface area contributed by atoms with Crippen LogP contribution in [0.4, 0.5) is 4.79 Å². The molecule has 1 aromatic carbocycles. The molecule has 0 radical (unpaired) electrons. The summed E-state index contributed by atoms with van der Waals surface area (Å²) >= 11 is 0. The van der Waals surface area contributed by atoms with Crippen LogP contribution in [-0.2, 0) is 19.0 Å². The number of ether oxygens (including phenoxy) is 4. The fraction of sp³-hybridized carbons (Fsp3) is 0.400. The minimum Gasteiger partial charge on any atom is -0.462 e. The first-order valence-corrected chi connectivity index (χ1v) is 11.2. The summed E-state index contributed by atoms with van der Waals surface area (Å²) in [4.78, 5) is 41.3. The van der Waals surface area contributed by atoms with E-state index in [-0.39, 0.29) is 48.0 Å². The molecular formula is C25H28N2O8. The Morgan fingerprint density at radius 1 is 1.03 bits per heavy atom. The highest BCUT2D eigenvalue weighted by molar-refractivity contribution is 5.97. The van der Waals surface area contributed by atoms with Crippen molar-refractivity contribution in [2.75, 3.05) is 13.2 Å². The van der Waals surface area contributed by atoms with Crippen LogP contribution in [0.3, 0.4) is 0 Å². The molecule has 0 spiro atoms. The molecule has 1 unspecified atom stereocenters. The van der Waals surface area contributed by atoms with Gasteiger partial charge in [0, 0.05) is 5.39 Å². The Balaban J connectivity index is 1.85. The van der Waals surface area contributed by atoms with Crippen molar-refractivity contribution in [1.29, 1.82) is 0 Å². The first-order chi connectivity index (χ1) is 16.6. The number of carbonyl (C=O) groups excluding carboxylic acids is 3. The molecule has 1 atom stereocenters. The van der Waals surface area contributed by atoms with Crippen molar-refractivity contribution in [3.8, 4) is 17.2 Å². The van der Waals surface area contributed by atoms with E-state index in [1.807, 2.05) is 25.1 Å². The quantitative estimate of drug-likeness (QED) is 0.246. The van der Waals surface area contributed by atoms with Gasteiger partial charge in [-0.05, 0) is 39.3 Å². The summed E-state index contributed by atoms with van der Waals surface area (Å²) in [6.07, 6.45) is -0.396. The van der Waals surface area contributed by atoms with Crippen molar-refractivity contribution in [3.05, 3.63) is 42.1 Å². The normalized spacial score (nSPS) is 12.1. The van der Waals surface area contributed by atoms with E-state index in [2.05, 4.69) is 10.1 Å². The molecule has 0 N–H and O–H groups in total. The number of benzene rings is 1. The third-order valence-corrected chi connectivity index (χ3v) is 4.85. The van der Waals surface area contributed by atoms with Gasteiger partial charge in [0.05, 0.1) is 17.1 Å². The summed E-state index contributed by atoms with van der Waals surface area (Å²) < 4.78 is 25.8. The number of nitrogens with zero attached hydrogens (tertiary/aromatic N) is 2. The van der Waals surface area contributed by atoms with Crippen LogP contribution in [0.1, 0.15) is 51.5 Å². The van der Waals surface area contributed by atoms with Crippen LogP contribution < -0.4 is 4.74 Å². The van der Waals surface area contributed by atoms with Gasteiger partial charge in [0.2, 0.25) is 5.69 Å². The highest BCUT2D eigenvalue weighted by atomic mass is 16.8. The van der Waals surface area contributed by atoms with E-state index in [1.165, 1.54) is 0 Å². The second kappa shape index (κ2) is 11.0. The summed E-state index contributed by atoms with van der Waals surface area (Å²) in [6, 6.07) is 10.8. The van der Waals surface area contributed by atoms with Gasteiger partial charge in [-0.1, -0.05) is 43.3 Å². The number of esters is 2. The molecule has 0 saturated heterocycles. The van der Waals surface area contributed by atoms with Gasteiger partial charge < -0.3 is 23.5 Å².